The summed E-state index contributed by atoms with van der Waals surface area (Å²) < 4.78 is 0. The van der Waals surface area contributed by atoms with Crippen molar-refractivity contribution in [3.8, 4) is 11.3 Å². The molecule has 23 N–H and O–H groups in total. The summed E-state index contributed by atoms with van der Waals surface area (Å²) in [5, 5.41) is 35.7. The average molecular weight is 1220 g/mol. The Labute approximate surface area is 506 Å². The Morgan fingerprint density at radius 1 is 0.494 bits per heavy atom. The summed E-state index contributed by atoms with van der Waals surface area (Å²) in [6.07, 6.45) is -0.201. The van der Waals surface area contributed by atoms with Crippen molar-refractivity contribution in [1.82, 2.24) is 58.2 Å². The highest BCUT2D eigenvalue weighted by molar-refractivity contribution is 6.00. The summed E-state index contributed by atoms with van der Waals surface area (Å²) >= 11 is 0. The van der Waals surface area contributed by atoms with Gasteiger partial charge in [-0.1, -0.05) is 87.9 Å². The van der Waals surface area contributed by atoms with Crippen molar-refractivity contribution in [2.45, 2.75) is 146 Å². The molecule has 11 atom stereocenters. The van der Waals surface area contributed by atoms with Gasteiger partial charge in [0.1, 0.15) is 54.4 Å². The fraction of sp³-hybridized carbons (Fsp3) is 0.517. The molecule has 2 aromatic carbocycles. The summed E-state index contributed by atoms with van der Waals surface area (Å²) in [7, 11) is 0. The first-order valence-electron chi connectivity index (χ1n) is 29.1. The number of nitrogens with one attached hydrogen (secondary N) is 10. The molecule has 29 heteroatoms. The molecule has 3 rings (SSSR count). The van der Waals surface area contributed by atoms with Crippen LogP contribution in [0.25, 0.3) is 11.3 Å². The van der Waals surface area contributed by atoms with E-state index < -0.39 is 138 Å². The Balaban J connectivity index is 1.86. The van der Waals surface area contributed by atoms with E-state index in [-0.39, 0.29) is 89.7 Å². The van der Waals surface area contributed by atoms with E-state index >= 15 is 0 Å². The van der Waals surface area contributed by atoms with Crippen LogP contribution in [0.2, 0.25) is 0 Å². The van der Waals surface area contributed by atoms with E-state index in [9.17, 15) is 57.8 Å². The highest BCUT2D eigenvalue weighted by Gasteiger charge is 2.36. The van der Waals surface area contributed by atoms with Gasteiger partial charge < -0.3 is 92.7 Å². The van der Waals surface area contributed by atoms with Gasteiger partial charge in [0.05, 0.1) is 18.2 Å². The molecule has 87 heavy (non-hydrogen) atoms. The van der Waals surface area contributed by atoms with Crippen LogP contribution in [0.4, 0.5) is 0 Å². The third-order valence-corrected chi connectivity index (χ3v) is 13.9. The first kappa shape index (κ1) is 72.8. The molecule has 1 heterocycles. The fourth-order valence-electron chi connectivity index (χ4n) is 8.80. The van der Waals surface area contributed by atoms with Crippen molar-refractivity contribution in [1.29, 1.82) is 0 Å². The number of nitrogens with zero attached hydrogens (tertiary/aromatic N) is 1. The quantitative estimate of drug-likeness (QED) is 0.0256. The number of hydrogen-bond acceptors (Lipinski definition) is 18. The van der Waals surface area contributed by atoms with Gasteiger partial charge in [0.2, 0.25) is 59.1 Å². The van der Waals surface area contributed by atoms with Crippen LogP contribution in [0, 0.1) is 5.92 Å². The molecule has 0 aliphatic heterocycles. The molecule has 11 amide bonds. The maximum Gasteiger partial charge on any atom is 0.252 e. The molecule has 0 fully saturated rings. The molecule has 478 valence electrons. The van der Waals surface area contributed by atoms with Crippen LogP contribution in [0.5, 0.6) is 0 Å². The van der Waals surface area contributed by atoms with Gasteiger partial charge >= 0.3 is 0 Å². The summed E-state index contributed by atoms with van der Waals surface area (Å²) in [4.78, 5) is 154. The average Bonchev–Trinajstić information content (AvgIpc) is 3.15. The lowest BCUT2D eigenvalue weighted by Gasteiger charge is -2.29. The Kier molecular flexibility index (Phi) is 32.2. The second kappa shape index (κ2) is 38.5. The van der Waals surface area contributed by atoms with Gasteiger partial charge in [-0.15, -0.1) is 0 Å². The zero-order chi connectivity index (χ0) is 64.6. The van der Waals surface area contributed by atoms with Crippen molar-refractivity contribution in [3.05, 3.63) is 90.1 Å². The van der Waals surface area contributed by atoms with E-state index in [0.717, 1.165) is 5.56 Å². The monoisotopic (exact) mass is 1220 g/mol. The molecule has 0 bridgehead atoms. The van der Waals surface area contributed by atoms with E-state index in [4.69, 9.17) is 34.4 Å². The highest BCUT2D eigenvalue weighted by atomic mass is 16.3. The van der Waals surface area contributed by atoms with Gasteiger partial charge in [0, 0.05) is 36.8 Å². The van der Waals surface area contributed by atoms with Crippen LogP contribution in [0.15, 0.2) is 79.0 Å². The molecule has 0 radical (unpaired) electrons. The van der Waals surface area contributed by atoms with Gasteiger partial charge in [0.15, 0.2) is 0 Å². The molecule has 0 aliphatic rings. The number of aliphatic hydroxyl groups is 1. The van der Waals surface area contributed by atoms with Crippen molar-refractivity contribution in [2.24, 2.45) is 40.3 Å². The Hall–Kier alpha value is -8.48. The van der Waals surface area contributed by atoms with Gasteiger partial charge in [-0.3, -0.25) is 57.7 Å². The van der Waals surface area contributed by atoms with Crippen molar-refractivity contribution < 1.29 is 57.8 Å². The van der Waals surface area contributed by atoms with Crippen molar-refractivity contribution in [3.63, 3.8) is 0 Å². The maximum atomic E-state index is 14.4. The fourth-order valence-corrected chi connectivity index (χ4v) is 8.80. The Bertz CT molecular complexity index is 2740. The first-order chi connectivity index (χ1) is 41.5. The number of benzene rings is 2. The van der Waals surface area contributed by atoms with Crippen LogP contribution in [-0.4, -0.2) is 175 Å². The number of rotatable bonds is 39. The van der Waals surface area contributed by atoms with Gasteiger partial charge in [-0.25, -0.2) is 0 Å². The van der Waals surface area contributed by atoms with Gasteiger partial charge in [-0.05, 0) is 95.2 Å². The molecule has 11 unspecified atom stereocenters. The first-order valence-corrected chi connectivity index (χ1v) is 29.1. The maximum absolute atomic E-state index is 14.4. The second-order valence-corrected chi connectivity index (χ2v) is 20.9. The zero-order valence-corrected chi connectivity index (χ0v) is 49.8. The minimum absolute atomic E-state index is 0.00111. The number of aliphatic hydroxyl groups excluding tert-OH is 1. The summed E-state index contributed by atoms with van der Waals surface area (Å²) in [6.45, 7) is 5.41. The van der Waals surface area contributed by atoms with Crippen LogP contribution >= 0.6 is 0 Å². The number of carbonyl (C=O) groups excluding carboxylic acids is 11. The Morgan fingerprint density at radius 3 is 1.44 bits per heavy atom. The molecule has 0 aliphatic carbocycles. The van der Waals surface area contributed by atoms with E-state index in [1.165, 1.54) is 19.2 Å². The number of carbonyl (C=O) groups is 11. The van der Waals surface area contributed by atoms with E-state index in [1.54, 1.807) is 57.2 Å². The number of pyridine rings is 1. The molecule has 0 saturated heterocycles. The Morgan fingerprint density at radius 2 is 0.931 bits per heavy atom. The normalized spacial score (nSPS) is 14.8. The predicted octanol–water partition coefficient (Wildman–Crippen LogP) is -4.46. The number of hydrogen-bond donors (Lipinski definition) is 17. The topological polar surface area (TPSA) is 497 Å². The van der Waals surface area contributed by atoms with Crippen molar-refractivity contribution >= 4 is 65.0 Å². The minimum atomic E-state index is -1.56. The van der Waals surface area contributed by atoms with Crippen LogP contribution in [-0.2, 0) is 54.4 Å². The SMILES string of the molecule is CCC(NC(=O)C(CCN)NC(=O)c1ccnc(-c2ccccc2)c1)C(=O)NC(CN)C(=O)NC(CCNC(=O)CC(C)O)C(=O)NC(CCN)C(=O)NC(Cc1ccccc1)C(=O)NC(C(=O)NC(CCN)C(=O)NC(CCN)C(N)=O)C(C)CC. The summed E-state index contributed by atoms with van der Waals surface area (Å²) in [6, 6.07) is 8.56. The third kappa shape index (κ3) is 24.8. The number of primary amides is 1. The standard InChI is InChI=1S/C58H89N17O12/c1-5-33(3)48(58(87)72-42(20-26-62)53(82)68-39(17-23-59)49(64)78)75-56(85)45(30-35-13-9-7-10-14-35)73-54(83)41(19-25-61)70-55(84)43(22-28-66-47(77)29-34(4)76)71-57(86)46(32-63)74-51(80)38(6-2)67-52(81)40(18-24-60)69-50(79)37-21-27-65-44(31-37)36-15-11-8-12-16-36/h7-16,21,27,31,33-34,38-43,45-46,48,76H,5-6,17-20,22-26,28-30,32,59-63H2,1-4H3,(H2,64,78)(H,66,77)(H,67,81)(H,68,82)(H,69,79)(H,70,84)(H,71,86)(H,72,87)(H,73,83)(H,74,80)(H,75,85). The second-order valence-electron chi connectivity index (χ2n) is 20.9. The van der Waals surface area contributed by atoms with Crippen molar-refractivity contribution in [2.75, 3.05) is 39.3 Å². The zero-order valence-electron chi connectivity index (χ0n) is 49.8. The minimum Gasteiger partial charge on any atom is -0.393 e. The predicted molar refractivity (Wildman–Crippen MR) is 323 cm³/mol. The molecule has 0 spiro atoms. The molecule has 1 aromatic heterocycles. The number of amides is 11. The largest absolute Gasteiger partial charge is 0.393 e. The summed E-state index contributed by atoms with van der Waals surface area (Å²) in [5.74, 6) is -9.46. The van der Waals surface area contributed by atoms with E-state index in [0.29, 0.717) is 17.7 Å². The summed E-state index contributed by atoms with van der Waals surface area (Å²) in [5.41, 5.74) is 36.7. The molecule has 29 nitrogen and oxygen atoms in total. The number of aromatic nitrogens is 1. The molecule has 0 saturated carbocycles. The lowest BCUT2D eigenvalue weighted by molar-refractivity contribution is -0.136. The molecular weight excluding hydrogens is 1130 g/mol. The smallest absolute Gasteiger partial charge is 0.252 e. The van der Waals surface area contributed by atoms with E-state index in [1.807, 2.05) is 30.3 Å². The highest BCUT2D eigenvalue weighted by Crippen LogP contribution is 2.18. The third-order valence-electron chi connectivity index (χ3n) is 13.9. The molecule has 3 aromatic rings. The van der Waals surface area contributed by atoms with Crippen LogP contribution in [0.1, 0.15) is 95.0 Å². The lowest BCUT2D eigenvalue weighted by Crippen LogP contribution is -2.62. The molecular formula is C58H89N17O12. The number of nitrogens with two attached hydrogens (primary N) is 6. The van der Waals surface area contributed by atoms with Gasteiger partial charge in [0.25, 0.3) is 5.91 Å². The van der Waals surface area contributed by atoms with Gasteiger partial charge in [-0.2, -0.15) is 0 Å². The van der Waals surface area contributed by atoms with Crippen LogP contribution in [0.3, 0.4) is 0 Å². The lowest BCUT2D eigenvalue weighted by atomic mass is 9.96. The van der Waals surface area contributed by atoms with E-state index in [2.05, 4.69) is 58.2 Å². The van der Waals surface area contributed by atoms with Crippen LogP contribution < -0.4 is 87.6 Å².